The lowest BCUT2D eigenvalue weighted by Gasteiger charge is -2.35. The van der Waals surface area contributed by atoms with Gasteiger partial charge >= 0.3 is 0 Å². The van der Waals surface area contributed by atoms with E-state index in [4.69, 9.17) is 23.2 Å². The number of amides is 1. The Hall–Kier alpha value is -1.57. The minimum atomic E-state index is -0.473. The summed E-state index contributed by atoms with van der Waals surface area (Å²) in [6, 6.07) is 2.98. The number of nitrogens with zero attached hydrogens (tertiary/aromatic N) is 3. The highest BCUT2D eigenvalue weighted by molar-refractivity contribution is 6.37. The van der Waals surface area contributed by atoms with E-state index >= 15 is 0 Å². The summed E-state index contributed by atoms with van der Waals surface area (Å²) in [7, 11) is 0. The number of hydrogen-bond acceptors (Lipinski definition) is 5. The molecule has 0 unspecified atom stereocenters. The van der Waals surface area contributed by atoms with Crippen LogP contribution in [0.2, 0.25) is 10.0 Å². The molecule has 9 heteroatoms. The van der Waals surface area contributed by atoms with E-state index in [0.717, 1.165) is 6.42 Å². The van der Waals surface area contributed by atoms with Gasteiger partial charge in [0.05, 0.1) is 16.5 Å². The van der Waals surface area contributed by atoms with Gasteiger partial charge in [-0.05, 0) is 19.4 Å². The van der Waals surface area contributed by atoms with Gasteiger partial charge in [0.2, 0.25) is 5.91 Å². The van der Waals surface area contributed by atoms with Crippen LogP contribution in [0.1, 0.15) is 20.3 Å². The fourth-order valence-electron chi connectivity index (χ4n) is 2.76. The minimum Gasteiger partial charge on any atom is -0.362 e. The summed E-state index contributed by atoms with van der Waals surface area (Å²) in [5, 5.41) is 14.8. The summed E-state index contributed by atoms with van der Waals surface area (Å²) in [5.41, 5.74) is 0.292. The molecule has 25 heavy (non-hydrogen) atoms. The predicted octanol–water partition coefficient (Wildman–Crippen LogP) is 2.94. The number of halogens is 2. The normalized spacial score (nSPS) is 16.6. The topological polar surface area (TPSA) is 78.7 Å². The Balaban J connectivity index is 2.01. The van der Waals surface area contributed by atoms with Crippen LogP contribution >= 0.6 is 23.2 Å². The third-order valence-electron chi connectivity index (χ3n) is 4.28. The van der Waals surface area contributed by atoms with Crippen molar-refractivity contribution in [2.24, 2.45) is 0 Å². The van der Waals surface area contributed by atoms with Gasteiger partial charge in [-0.3, -0.25) is 19.8 Å². The van der Waals surface area contributed by atoms with E-state index in [-0.39, 0.29) is 27.7 Å². The van der Waals surface area contributed by atoms with Crippen molar-refractivity contribution < 1.29 is 9.72 Å². The molecule has 0 aliphatic carbocycles. The van der Waals surface area contributed by atoms with E-state index in [0.29, 0.717) is 38.4 Å². The number of carbonyl (C=O) groups is 1. The first-order chi connectivity index (χ1) is 11.8. The van der Waals surface area contributed by atoms with E-state index in [1.807, 2.05) is 23.6 Å². The van der Waals surface area contributed by atoms with E-state index in [1.165, 1.54) is 12.1 Å². The fraction of sp³-hybridized carbons (Fsp3) is 0.562. The first-order valence-corrected chi connectivity index (χ1v) is 8.97. The van der Waals surface area contributed by atoms with Gasteiger partial charge in [-0.2, -0.15) is 0 Å². The number of anilines is 1. The number of nitro groups is 1. The van der Waals surface area contributed by atoms with Crippen LogP contribution in [0, 0.1) is 10.1 Å². The molecule has 0 radical (unpaired) electrons. The molecule has 1 aliphatic heterocycles. The predicted molar refractivity (Wildman–Crippen MR) is 99.7 cm³/mol. The number of piperazine rings is 1. The number of nitrogens with one attached hydrogen (secondary N) is 1. The molecule has 1 N–H and O–H groups in total. The van der Waals surface area contributed by atoms with Crippen LogP contribution in [0.3, 0.4) is 0 Å². The Morgan fingerprint density at radius 2 is 1.96 bits per heavy atom. The summed E-state index contributed by atoms with van der Waals surface area (Å²) in [5.74, 6) is -0.00157. The molecule has 2 rings (SSSR count). The van der Waals surface area contributed by atoms with Crippen molar-refractivity contribution in [2.45, 2.75) is 26.3 Å². The Kier molecular flexibility index (Phi) is 6.87. The zero-order valence-corrected chi connectivity index (χ0v) is 15.8. The van der Waals surface area contributed by atoms with Crippen molar-refractivity contribution in [3.63, 3.8) is 0 Å². The van der Waals surface area contributed by atoms with Gasteiger partial charge < -0.3 is 10.2 Å². The minimum absolute atomic E-state index is 0.00157. The highest BCUT2D eigenvalue weighted by Gasteiger charge is 2.27. The van der Waals surface area contributed by atoms with Gasteiger partial charge in [0.25, 0.3) is 5.69 Å². The molecule has 1 amide bonds. The van der Waals surface area contributed by atoms with Crippen molar-refractivity contribution in [1.29, 1.82) is 0 Å². The lowest BCUT2D eigenvalue weighted by Crippen LogP contribution is -2.50. The third kappa shape index (κ3) is 5.20. The largest absolute Gasteiger partial charge is 0.362 e. The van der Waals surface area contributed by atoms with Gasteiger partial charge in [-0.25, -0.2) is 0 Å². The molecule has 0 aromatic heterocycles. The van der Waals surface area contributed by atoms with Crippen LogP contribution in [0.25, 0.3) is 0 Å². The smallest absolute Gasteiger partial charge is 0.295 e. The quantitative estimate of drug-likeness (QED) is 0.598. The summed E-state index contributed by atoms with van der Waals surface area (Å²) in [6.45, 7) is 6.68. The molecule has 1 aliphatic rings. The average molecular weight is 389 g/mol. The zero-order chi connectivity index (χ0) is 18.6. The Morgan fingerprint density at radius 3 is 2.52 bits per heavy atom. The summed E-state index contributed by atoms with van der Waals surface area (Å²) in [4.78, 5) is 26.7. The Labute approximate surface area is 157 Å². The van der Waals surface area contributed by atoms with Crippen LogP contribution in [0.5, 0.6) is 0 Å². The maximum Gasteiger partial charge on any atom is 0.295 e. The fourth-order valence-corrected chi connectivity index (χ4v) is 3.36. The van der Waals surface area contributed by atoms with Gasteiger partial charge in [0, 0.05) is 43.3 Å². The average Bonchev–Trinajstić information content (AvgIpc) is 2.55. The molecule has 138 valence electrons. The molecule has 0 saturated carbocycles. The summed E-state index contributed by atoms with van der Waals surface area (Å²) in [6.07, 6.45) is 0.887. The summed E-state index contributed by atoms with van der Waals surface area (Å²) >= 11 is 12.1. The second kappa shape index (κ2) is 8.69. The van der Waals surface area contributed by atoms with Crippen LogP contribution in [0.15, 0.2) is 12.1 Å². The van der Waals surface area contributed by atoms with Gasteiger partial charge in [-0.15, -0.1) is 0 Å². The summed E-state index contributed by atoms with van der Waals surface area (Å²) < 4.78 is 0. The molecule has 1 aromatic rings. The van der Waals surface area contributed by atoms with Crippen molar-refractivity contribution in [3.8, 4) is 0 Å². The lowest BCUT2D eigenvalue weighted by molar-refractivity contribution is -0.384. The molecular weight excluding hydrogens is 367 g/mol. The SMILES string of the molecule is CC[C@@H](C)NC(=O)CN1CCN(c2c(Cl)cc(Cl)cc2[N+](=O)[O-])CC1. The van der Waals surface area contributed by atoms with Crippen molar-refractivity contribution in [1.82, 2.24) is 10.2 Å². The van der Waals surface area contributed by atoms with E-state index in [1.54, 1.807) is 0 Å². The monoisotopic (exact) mass is 388 g/mol. The molecule has 1 saturated heterocycles. The molecule has 1 fully saturated rings. The van der Waals surface area contributed by atoms with Crippen molar-refractivity contribution >= 4 is 40.5 Å². The standard InChI is InChI=1S/C16H22Cl2N4O3/c1-3-11(2)19-15(23)10-20-4-6-21(7-5-20)16-13(18)8-12(17)9-14(16)22(24)25/h8-9,11H,3-7,10H2,1-2H3,(H,19,23)/t11-/m1/s1. The molecule has 0 spiro atoms. The first kappa shape index (κ1) is 19.8. The maximum absolute atomic E-state index is 12.0. The molecule has 0 bridgehead atoms. The third-order valence-corrected chi connectivity index (χ3v) is 4.79. The number of benzene rings is 1. The van der Waals surface area contributed by atoms with Gasteiger partial charge in [0.1, 0.15) is 5.69 Å². The lowest BCUT2D eigenvalue weighted by atomic mass is 10.2. The maximum atomic E-state index is 12.0. The van der Waals surface area contributed by atoms with Crippen LogP contribution in [0.4, 0.5) is 11.4 Å². The number of nitro benzene ring substituents is 1. The molecule has 1 atom stereocenters. The molecular formula is C16H22Cl2N4O3. The van der Waals surface area contributed by atoms with Gasteiger partial charge in [-0.1, -0.05) is 30.1 Å². The van der Waals surface area contributed by atoms with E-state index < -0.39 is 4.92 Å². The Bertz CT molecular complexity index is 649. The van der Waals surface area contributed by atoms with Crippen molar-refractivity contribution in [2.75, 3.05) is 37.6 Å². The number of hydrogen-bond donors (Lipinski definition) is 1. The zero-order valence-electron chi connectivity index (χ0n) is 14.3. The van der Waals surface area contributed by atoms with Crippen LogP contribution in [-0.4, -0.2) is 54.5 Å². The van der Waals surface area contributed by atoms with Gasteiger partial charge in [0.15, 0.2) is 0 Å². The Morgan fingerprint density at radius 1 is 1.32 bits per heavy atom. The van der Waals surface area contributed by atoms with E-state index in [9.17, 15) is 14.9 Å². The van der Waals surface area contributed by atoms with Crippen LogP contribution < -0.4 is 10.2 Å². The van der Waals surface area contributed by atoms with Crippen LogP contribution in [-0.2, 0) is 4.79 Å². The highest BCUT2D eigenvalue weighted by Crippen LogP contribution is 2.38. The second-order valence-electron chi connectivity index (χ2n) is 6.15. The number of carbonyl (C=O) groups excluding carboxylic acids is 1. The molecule has 1 heterocycles. The molecule has 7 nitrogen and oxygen atoms in total. The number of rotatable bonds is 6. The highest BCUT2D eigenvalue weighted by atomic mass is 35.5. The van der Waals surface area contributed by atoms with Crippen molar-refractivity contribution in [3.05, 3.63) is 32.3 Å². The second-order valence-corrected chi connectivity index (χ2v) is 7.00. The first-order valence-electron chi connectivity index (χ1n) is 8.22. The molecule has 1 aromatic carbocycles. The van der Waals surface area contributed by atoms with E-state index in [2.05, 4.69) is 5.32 Å².